The predicted octanol–water partition coefficient (Wildman–Crippen LogP) is 0.108. The van der Waals surface area contributed by atoms with Gasteiger partial charge in [-0.3, -0.25) is 4.99 Å². The van der Waals surface area contributed by atoms with Crippen LogP contribution in [0.4, 0.5) is 0 Å². The van der Waals surface area contributed by atoms with Crippen LogP contribution in [0.15, 0.2) is 4.99 Å². The summed E-state index contributed by atoms with van der Waals surface area (Å²) >= 11 is 0. The molecular formula is C9H22N4. The van der Waals surface area contributed by atoms with Crippen LogP contribution >= 0.6 is 0 Å². The van der Waals surface area contributed by atoms with Crippen molar-refractivity contribution in [2.45, 2.75) is 13.8 Å². The lowest BCUT2D eigenvalue weighted by Crippen LogP contribution is -2.36. The van der Waals surface area contributed by atoms with Crippen LogP contribution < -0.4 is 11.1 Å². The first-order valence-corrected chi connectivity index (χ1v) is 4.71. The molecule has 0 aromatic heterocycles. The molecule has 3 N–H and O–H groups in total. The van der Waals surface area contributed by atoms with Crippen LogP contribution in [0.2, 0.25) is 0 Å². The van der Waals surface area contributed by atoms with E-state index in [9.17, 15) is 0 Å². The number of hydrogen-bond acceptors (Lipinski definition) is 2. The summed E-state index contributed by atoms with van der Waals surface area (Å²) in [4.78, 5) is 6.29. The average molecular weight is 186 g/mol. The van der Waals surface area contributed by atoms with Gasteiger partial charge in [-0.25, -0.2) is 0 Å². The van der Waals surface area contributed by atoms with Gasteiger partial charge in [0.15, 0.2) is 5.96 Å². The Hall–Kier alpha value is -0.770. The Labute approximate surface area is 81.2 Å². The average Bonchev–Trinajstić information content (AvgIpc) is 2.00. The van der Waals surface area contributed by atoms with Gasteiger partial charge >= 0.3 is 0 Å². The molecule has 0 heterocycles. The van der Waals surface area contributed by atoms with Crippen molar-refractivity contribution in [3.8, 4) is 0 Å². The second-order valence-electron chi connectivity index (χ2n) is 3.85. The standard InChI is InChI=1S/C9H22N4/c1-8(2)7-12-9(10)11-5-6-13(3)4/h8H,5-7H2,1-4H3,(H3,10,11,12). The summed E-state index contributed by atoms with van der Waals surface area (Å²) in [5, 5.41) is 3.06. The van der Waals surface area contributed by atoms with E-state index in [4.69, 9.17) is 5.73 Å². The van der Waals surface area contributed by atoms with E-state index in [1.165, 1.54) is 0 Å². The highest BCUT2D eigenvalue weighted by Gasteiger charge is 1.94. The molecule has 4 heteroatoms. The van der Waals surface area contributed by atoms with E-state index < -0.39 is 0 Å². The first-order valence-electron chi connectivity index (χ1n) is 4.71. The summed E-state index contributed by atoms with van der Waals surface area (Å²) in [7, 11) is 4.06. The summed E-state index contributed by atoms with van der Waals surface area (Å²) in [5.41, 5.74) is 5.63. The van der Waals surface area contributed by atoms with Crippen molar-refractivity contribution in [3.05, 3.63) is 0 Å². The molecule has 0 aromatic rings. The van der Waals surface area contributed by atoms with Crippen molar-refractivity contribution in [1.82, 2.24) is 10.2 Å². The number of nitrogens with two attached hydrogens (primary N) is 1. The molecule has 4 nitrogen and oxygen atoms in total. The summed E-state index contributed by atoms with van der Waals surface area (Å²) in [5.74, 6) is 1.12. The van der Waals surface area contributed by atoms with Gasteiger partial charge in [0.05, 0.1) is 0 Å². The smallest absolute Gasteiger partial charge is 0.188 e. The van der Waals surface area contributed by atoms with Crippen LogP contribution in [-0.4, -0.2) is 44.6 Å². The molecular weight excluding hydrogens is 164 g/mol. The molecule has 13 heavy (non-hydrogen) atoms. The maximum atomic E-state index is 5.63. The quantitative estimate of drug-likeness (QED) is 0.473. The third-order valence-electron chi connectivity index (χ3n) is 1.49. The molecule has 0 atom stereocenters. The minimum absolute atomic E-state index is 0.551. The second-order valence-corrected chi connectivity index (χ2v) is 3.85. The minimum Gasteiger partial charge on any atom is -0.370 e. The normalized spacial score (nSPS) is 12.6. The van der Waals surface area contributed by atoms with Crippen LogP contribution in [0.3, 0.4) is 0 Å². The number of hydrogen-bond donors (Lipinski definition) is 2. The van der Waals surface area contributed by atoms with E-state index in [0.717, 1.165) is 19.6 Å². The topological polar surface area (TPSA) is 53.6 Å². The van der Waals surface area contributed by atoms with E-state index in [-0.39, 0.29) is 0 Å². The highest BCUT2D eigenvalue weighted by molar-refractivity contribution is 5.77. The van der Waals surface area contributed by atoms with Gasteiger partial charge in [0.2, 0.25) is 0 Å². The number of guanidine groups is 1. The Kier molecular flexibility index (Phi) is 6.32. The van der Waals surface area contributed by atoms with Crippen molar-refractivity contribution in [3.63, 3.8) is 0 Å². The van der Waals surface area contributed by atoms with Gasteiger partial charge in [0, 0.05) is 19.6 Å². The van der Waals surface area contributed by atoms with Gasteiger partial charge in [-0.05, 0) is 20.0 Å². The Bertz CT molecular complexity index is 152. The van der Waals surface area contributed by atoms with Gasteiger partial charge in [-0.1, -0.05) is 13.8 Å². The molecule has 0 aliphatic rings. The van der Waals surface area contributed by atoms with E-state index in [2.05, 4.69) is 29.1 Å². The maximum Gasteiger partial charge on any atom is 0.188 e. The van der Waals surface area contributed by atoms with Gasteiger partial charge in [0.25, 0.3) is 0 Å². The highest BCUT2D eigenvalue weighted by Crippen LogP contribution is 1.90. The SMILES string of the molecule is CC(C)CN=C(N)NCCN(C)C. The van der Waals surface area contributed by atoms with E-state index in [1.54, 1.807) is 0 Å². The Balaban J connectivity index is 3.49. The third kappa shape index (κ3) is 9.14. The molecule has 0 unspecified atom stereocenters. The van der Waals surface area contributed by atoms with E-state index in [1.807, 2.05) is 14.1 Å². The van der Waals surface area contributed by atoms with E-state index >= 15 is 0 Å². The number of likely N-dealkylation sites (N-methyl/N-ethyl adjacent to an activating group) is 1. The Morgan fingerprint density at radius 2 is 2.08 bits per heavy atom. The summed E-state index contributed by atoms with van der Waals surface area (Å²) < 4.78 is 0. The molecule has 0 fully saturated rings. The van der Waals surface area contributed by atoms with Crippen molar-refractivity contribution >= 4 is 5.96 Å². The maximum absolute atomic E-state index is 5.63. The first-order chi connectivity index (χ1) is 6.02. The molecule has 0 rings (SSSR count). The summed E-state index contributed by atoms with van der Waals surface area (Å²) in [6, 6.07) is 0. The second kappa shape index (κ2) is 6.71. The fraction of sp³-hybridized carbons (Fsp3) is 0.889. The van der Waals surface area contributed by atoms with Crippen molar-refractivity contribution in [1.29, 1.82) is 0 Å². The molecule has 0 spiro atoms. The first kappa shape index (κ1) is 12.2. The largest absolute Gasteiger partial charge is 0.370 e. The van der Waals surface area contributed by atoms with Gasteiger partial charge < -0.3 is 16.0 Å². The molecule has 0 amide bonds. The van der Waals surface area contributed by atoms with Crippen molar-refractivity contribution in [2.75, 3.05) is 33.7 Å². The van der Waals surface area contributed by atoms with E-state index in [0.29, 0.717) is 11.9 Å². The monoisotopic (exact) mass is 186 g/mol. The zero-order chi connectivity index (χ0) is 10.3. The number of nitrogens with one attached hydrogen (secondary N) is 1. The van der Waals surface area contributed by atoms with Gasteiger partial charge in [-0.15, -0.1) is 0 Å². The number of nitrogens with zero attached hydrogens (tertiary/aromatic N) is 2. The molecule has 0 aliphatic carbocycles. The Morgan fingerprint density at radius 3 is 2.54 bits per heavy atom. The molecule has 78 valence electrons. The Morgan fingerprint density at radius 1 is 1.46 bits per heavy atom. The van der Waals surface area contributed by atoms with Crippen LogP contribution in [0, 0.1) is 5.92 Å². The predicted molar refractivity (Wildman–Crippen MR) is 57.9 cm³/mol. The summed E-state index contributed by atoms with van der Waals surface area (Å²) in [6.07, 6.45) is 0. The lowest BCUT2D eigenvalue weighted by Gasteiger charge is -2.10. The molecule has 0 aliphatic heterocycles. The molecule has 0 radical (unpaired) electrons. The minimum atomic E-state index is 0.551. The summed E-state index contributed by atoms with van der Waals surface area (Å²) in [6.45, 7) is 6.85. The van der Waals surface area contributed by atoms with Crippen molar-refractivity contribution < 1.29 is 0 Å². The fourth-order valence-corrected chi connectivity index (χ4v) is 0.744. The van der Waals surface area contributed by atoms with Gasteiger partial charge in [-0.2, -0.15) is 0 Å². The molecule has 0 bridgehead atoms. The molecule has 0 saturated heterocycles. The lowest BCUT2D eigenvalue weighted by atomic mass is 10.2. The number of rotatable bonds is 5. The number of aliphatic imine (C=N–C) groups is 1. The molecule has 0 aromatic carbocycles. The van der Waals surface area contributed by atoms with Crippen molar-refractivity contribution in [2.24, 2.45) is 16.6 Å². The van der Waals surface area contributed by atoms with Crippen LogP contribution in [0.25, 0.3) is 0 Å². The highest BCUT2D eigenvalue weighted by atomic mass is 15.1. The third-order valence-corrected chi connectivity index (χ3v) is 1.49. The van der Waals surface area contributed by atoms with Crippen LogP contribution in [-0.2, 0) is 0 Å². The van der Waals surface area contributed by atoms with Crippen LogP contribution in [0.1, 0.15) is 13.8 Å². The van der Waals surface area contributed by atoms with Crippen LogP contribution in [0.5, 0.6) is 0 Å². The zero-order valence-electron chi connectivity index (χ0n) is 9.17. The molecule has 0 saturated carbocycles. The zero-order valence-corrected chi connectivity index (χ0v) is 9.17. The lowest BCUT2D eigenvalue weighted by molar-refractivity contribution is 0.412. The van der Waals surface area contributed by atoms with Gasteiger partial charge in [0.1, 0.15) is 0 Å². The fourth-order valence-electron chi connectivity index (χ4n) is 0.744.